The van der Waals surface area contributed by atoms with Crippen LogP contribution in [0.4, 0.5) is 0 Å². The minimum atomic E-state index is -0.818. The first-order chi connectivity index (χ1) is 13.2. The molecule has 0 N–H and O–H groups in total. The number of piperazine rings is 1. The highest BCUT2D eigenvalue weighted by Crippen LogP contribution is 2.38. The average Bonchev–Trinajstić information content (AvgIpc) is 2.59. The molecule has 0 bridgehead atoms. The van der Waals surface area contributed by atoms with Gasteiger partial charge >= 0.3 is 0 Å². The van der Waals surface area contributed by atoms with Gasteiger partial charge in [0.15, 0.2) is 0 Å². The normalized spacial score (nSPS) is 19.7. The molecule has 148 valence electrons. The van der Waals surface area contributed by atoms with Crippen molar-refractivity contribution in [1.29, 1.82) is 5.26 Å². The largest absolute Gasteiger partial charge is 0.483 e. The van der Waals surface area contributed by atoms with Crippen LogP contribution in [0.5, 0.6) is 5.75 Å². The molecule has 9 heteroatoms. The standard InChI is InChI=1S/C19H22N4O5/c1-13(28-23(25)26)11-21-6-7-22(18(24)12-21)16-9-19(2,3)27-17-5-4-14(10-20)8-15(16)17/h4-5,8-9,13H,6-7,11-12H2,1-3H3. The Morgan fingerprint density at radius 1 is 1.43 bits per heavy atom. The average molecular weight is 386 g/mol. The molecule has 0 saturated carbocycles. The van der Waals surface area contributed by atoms with E-state index in [-0.39, 0.29) is 12.5 Å². The lowest BCUT2D eigenvalue weighted by Gasteiger charge is -2.40. The van der Waals surface area contributed by atoms with E-state index in [1.807, 2.05) is 24.8 Å². The van der Waals surface area contributed by atoms with Crippen LogP contribution in [0.2, 0.25) is 0 Å². The summed E-state index contributed by atoms with van der Waals surface area (Å²) in [5.41, 5.74) is 1.33. The second-order valence-electron chi connectivity index (χ2n) is 7.48. The number of amides is 1. The predicted octanol–water partition coefficient (Wildman–Crippen LogP) is 1.81. The van der Waals surface area contributed by atoms with E-state index in [2.05, 4.69) is 10.9 Å². The lowest BCUT2D eigenvalue weighted by atomic mass is 9.96. The summed E-state index contributed by atoms with van der Waals surface area (Å²) >= 11 is 0. The van der Waals surface area contributed by atoms with Gasteiger partial charge in [0.05, 0.1) is 23.9 Å². The molecule has 1 unspecified atom stereocenters. The van der Waals surface area contributed by atoms with Gasteiger partial charge in [0.2, 0.25) is 5.91 Å². The summed E-state index contributed by atoms with van der Waals surface area (Å²) in [6, 6.07) is 7.28. The van der Waals surface area contributed by atoms with Crippen LogP contribution in [0.3, 0.4) is 0 Å². The monoisotopic (exact) mass is 386 g/mol. The summed E-state index contributed by atoms with van der Waals surface area (Å²) in [6.45, 7) is 6.84. The van der Waals surface area contributed by atoms with Crippen molar-refractivity contribution in [3.8, 4) is 11.8 Å². The van der Waals surface area contributed by atoms with Crippen molar-refractivity contribution >= 4 is 11.6 Å². The number of carbonyl (C=O) groups excluding carboxylic acids is 1. The number of rotatable bonds is 5. The van der Waals surface area contributed by atoms with E-state index >= 15 is 0 Å². The van der Waals surface area contributed by atoms with Gasteiger partial charge in [-0.1, -0.05) is 0 Å². The van der Waals surface area contributed by atoms with E-state index in [1.54, 1.807) is 30.0 Å². The van der Waals surface area contributed by atoms with Crippen molar-refractivity contribution in [3.05, 3.63) is 45.5 Å². The van der Waals surface area contributed by atoms with Crippen molar-refractivity contribution in [3.63, 3.8) is 0 Å². The Morgan fingerprint density at radius 2 is 2.18 bits per heavy atom. The Labute approximate surface area is 162 Å². The number of benzene rings is 1. The van der Waals surface area contributed by atoms with Crippen LogP contribution < -0.4 is 4.74 Å². The Hall–Kier alpha value is -3.12. The van der Waals surface area contributed by atoms with Crippen molar-refractivity contribution in [2.45, 2.75) is 32.5 Å². The van der Waals surface area contributed by atoms with Gasteiger partial charge in [-0.15, -0.1) is 10.1 Å². The second-order valence-corrected chi connectivity index (χ2v) is 7.48. The maximum atomic E-state index is 12.8. The number of hydrogen-bond donors (Lipinski definition) is 0. The number of carbonyl (C=O) groups is 1. The van der Waals surface area contributed by atoms with Crippen LogP contribution in [-0.2, 0) is 9.63 Å². The van der Waals surface area contributed by atoms with Crippen molar-refractivity contribution in [2.75, 3.05) is 26.2 Å². The zero-order chi connectivity index (χ0) is 20.5. The molecule has 1 amide bonds. The van der Waals surface area contributed by atoms with E-state index in [1.165, 1.54) is 0 Å². The highest BCUT2D eigenvalue weighted by molar-refractivity contribution is 5.90. The molecule has 3 rings (SSSR count). The van der Waals surface area contributed by atoms with E-state index in [0.29, 0.717) is 36.5 Å². The second kappa shape index (κ2) is 7.48. The van der Waals surface area contributed by atoms with Crippen LogP contribution in [0.25, 0.3) is 5.70 Å². The molecule has 2 aliphatic rings. The summed E-state index contributed by atoms with van der Waals surface area (Å²) in [7, 11) is 0. The third-order valence-electron chi connectivity index (χ3n) is 4.61. The third kappa shape index (κ3) is 4.23. The molecule has 9 nitrogen and oxygen atoms in total. The number of ether oxygens (including phenoxy) is 1. The van der Waals surface area contributed by atoms with Crippen LogP contribution in [0, 0.1) is 21.4 Å². The van der Waals surface area contributed by atoms with E-state index < -0.39 is 16.8 Å². The van der Waals surface area contributed by atoms with Crippen LogP contribution in [0.15, 0.2) is 24.3 Å². The molecule has 0 aliphatic carbocycles. The van der Waals surface area contributed by atoms with Gasteiger partial charge in [-0.2, -0.15) is 5.26 Å². The van der Waals surface area contributed by atoms with Crippen molar-refractivity contribution in [1.82, 2.24) is 9.80 Å². The molecule has 0 spiro atoms. The molecule has 1 saturated heterocycles. The summed E-state index contributed by atoms with van der Waals surface area (Å²) in [5.74, 6) is 0.515. The van der Waals surface area contributed by atoms with E-state index in [9.17, 15) is 20.2 Å². The van der Waals surface area contributed by atoms with Crippen LogP contribution >= 0.6 is 0 Å². The van der Waals surface area contributed by atoms with Crippen LogP contribution in [-0.4, -0.2) is 58.7 Å². The number of hydrogen-bond acceptors (Lipinski definition) is 7. The van der Waals surface area contributed by atoms with E-state index in [4.69, 9.17) is 4.74 Å². The summed E-state index contributed by atoms with van der Waals surface area (Å²) in [4.78, 5) is 31.4. The lowest BCUT2D eigenvalue weighted by Crippen LogP contribution is -2.52. The molecular weight excluding hydrogens is 364 g/mol. The fraction of sp³-hybridized carbons (Fsp3) is 0.474. The Kier molecular flexibility index (Phi) is 5.25. The Morgan fingerprint density at radius 3 is 2.82 bits per heavy atom. The topological polar surface area (TPSA) is 109 Å². The zero-order valence-corrected chi connectivity index (χ0v) is 16.0. The molecule has 0 radical (unpaired) electrons. The van der Waals surface area contributed by atoms with Crippen molar-refractivity contribution in [2.24, 2.45) is 0 Å². The molecule has 1 fully saturated rings. The first-order valence-electron chi connectivity index (χ1n) is 8.99. The van der Waals surface area contributed by atoms with Gasteiger partial charge in [0.25, 0.3) is 5.09 Å². The van der Waals surface area contributed by atoms with Gasteiger partial charge in [-0.05, 0) is 45.0 Å². The zero-order valence-electron chi connectivity index (χ0n) is 16.0. The van der Waals surface area contributed by atoms with Crippen molar-refractivity contribution < 1.29 is 19.5 Å². The maximum Gasteiger partial charge on any atom is 0.294 e. The number of nitrogens with zero attached hydrogens (tertiary/aromatic N) is 4. The van der Waals surface area contributed by atoms with Crippen LogP contribution in [0.1, 0.15) is 31.9 Å². The lowest BCUT2D eigenvalue weighted by molar-refractivity contribution is -0.767. The van der Waals surface area contributed by atoms with Gasteiger partial charge in [0, 0.05) is 25.2 Å². The summed E-state index contributed by atoms with van der Waals surface area (Å²) < 4.78 is 5.97. The fourth-order valence-corrected chi connectivity index (χ4v) is 3.51. The first kappa shape index (κ1) is 19.6. The van der Waals surface area contributed by atoms with Gasteiger partial charge in [-0.25, -0.2) is 0 Å². The quantitative estimate of drug-likeness (QED) is 0.561. The number of fused-ring (bicyclic) bond motifs is 1. The molecule has 1 aromatic carbocycles. The first-order valence-corrected chi connectivity index (χ1v) is 8.99. The molecule has 2 heterocycles. The molecule has 1 aromatic rings. The molecular formula is C19H22N4O5. The van der Waals surface area contributed by atoms with Gasteiger partial charge < -0.3 is 14.5 Å². The highest BCUT2D eigenvalue weighted by Gasteiger charge is 2.34. The van der Waals surface area contributed by atoms with Gasteiger partial charge in [-0.3, -0.25) is 9.69 Å². The third-order valence-corrected chi connectivity index (χ3v) is 4.61. The SMILES string of the molecule is CC(CN1CCN(C2=CC(C)(C)Oc3ccc(C#N)cc32)C(=O)C1)O[N+](=O)[O-]. The maximum absolute atomic E-state index is 12.8. The molecule has 2 aliphatic heterocycles. The minimum absolute atomic E-state index is 0.114. The highest BCUT2D eigenvalue weighted by atomic mass is 17.0. The Bertz CT molecular complexity index is 874. The fourth-order valence-electron chi connectivity index (χ4n) is 3.51. The smallest absolute Gasteiger partial charge is 0.294 e. The summed E-state index contributed by atoms with van der Waals surface area (Å²) in [5, 5.41) is 18.8. The van der Waals surface area contributed by atoms with E-state index in [0.717, 1.165) is 5.70 Å². The number of nitriles is 1. The minimum Gasteiger partial charge on any atom is -0.483 e. The molecule has 0 aromatic heterocycles. The predicted molar refractivity (Wildman–Crippen MR) is 99.5 cm³/mol. The summed E-state index contributed by atoms with van der Waals surface area (Å²) in [6.07, 6.45) is 1.28. The molecule has 1 atom stereocenters. The van der Waals surface area contributed by atoms with Gasteiger partial charge in [0.1, 0.15) is 17.5 Å². The molecule has 28 heavy (non-hydrogen) atoms. The Balaban J connectivity index is 1.80.